The number of aromatic nitrogens is 1. The van der Waals surface area contributed by atoms with Crippen LogP contribution < -0.4 is 5.73 Å². The molecule has 0 radical (unpaired) electrons. The van der Waals surface area contributed by atoms with E-state index in [0.717, 1.165) is 32.4 Å². The van der Waals surface area contributed by atoms with Crippen LogP contribution in [0.1, 0.15) is 29.6 Å². The van der Waals surface area contributed by atoms with Crippen LogP contribution in [0.3, 0.4) is 0 Å². The largest absolute Gasteiger partial charge is 0.397 e. The predicted octanol–water partition coefficient (Wildman–Crippen LogP) is 2.78. The first-order valence-electron chi connectivity index (χ1n) is 9.16. The number of carbonyl (C=O) groups excluding carboxylic acids is 1. The Morgan fingerprint density at radius 3 is 2.42 bits per heavy atom. The van der Waals surface area contributed by atoms with Crippen molar-refractivity contribution in [3.8, 4) is 11.1 Å². The van der Waals surface area contributed by atoms with Crippen LogP contribution in [0, 0.1) is 5.82 Å². The number of pyridine rings is 1. The van der Waals surface area contributed by atoms with Crippen molar-refractivity contribution < 1.29 is 9.18 Å². The zero-order valence-electron chi connectivity index (χ0n) is 14.7. The number of hydrogen-bond donors (Lipinski definition) is 1. The fraction of sp³-hybridized carbons (Fsp3) is 0.400. The second-order valence-electron chi connectivity index (χ2n) is 7.12. The third-order valence-corrected chi connectivity index (χ3v) is 5.41. The summed E-state index contributed by atoms with van der Waals surface area (Å²) in [5.74, 6) is -0.427. The third-order valence-electron chi connectivity index (χ3n) is 5.41. The minimum Gasteiger partial charge on any atom is -0.397 e. The number of nitrogen functional groups attached to an aromatic ring is 1. The standard InChI is InChI=1S/C20H23FN4O/c21-17-10-23-11-18(22)19(17)14-4-6-15(7-5-14)20(26)25-12-16(13-25)24-8-2-1-3-9-24/h4-7,10-11,16H,1-3,8-9,12-13,22H2. The van der Waals surface area contributed by atoms with Gasteiger partial charge in [0.05, 0.1) is 18.1 Å². The van der Waals surface area contributed by atoms with Gasteiger partial charge in [0.1, 0.15) is 0 Å². The molecule has 136 valence electrons. The van der Waals surface area contributed by atoms with Gasteiger partial charge in [-0.2, -0.15) is 0 Å². The summed E-state index contributed by atoms with van der Waals surface area (Å²) in [6.45, 7) is 3.90. The van der Waals surface area contributed by atoms with Crippen LogP contribution in [0.4, 0.5) is 10.1 Å². The third kappa shape index (κ3) is 3.17. The highest BCUT2D eigenvalue weighted by atomic mass is 19.1. The first-order chi connectivity index (χ1) is 12.6. The van der Waals surface area contributed by atoms with Gasteiger partial charge >= 0.3 is 0 Å². The normalized spacial score (nSPS) is 18.6. The molecule has 2 aliphatic heterocycles. The lowest BCUT2D eigenvalue weighted by molar-refractivity contribution is 0.0203. The van der Waals surface area contributed by atoms with Crippen molar-refractivity contribution in [1.82, 2.24) is 14.8 Å². The topological polar surface area (TPSA) is 62.5 Å². The molecule has 1 aromatic carbocycles. The molecular weight excluding hydrogens is 331 g/mol. The van der Waals surface area contributed by atoms with E-state index in [1.54, 1.807) is 24.3 Å². The summed E-state index contributed by atoms with van der Waals surface area (Å²) in [4.78, 5) is 20.8. The van der Waals surface area contributed by atoms with Gasteiger partial charge in [0, 0.05) is 30.3 Å². The lowest BCUT2D eigenvalue weighted by Gasteiger charge is -2.46. The molecule has 2 aliphatic rings. The lowest BCUT2D eigenvalue weighted by atomic mass is 10.00. The molecule has 1 amide bonds. The van der Waals surface area contributed by atoms with Gasteiger partial charge in [-0.05, 0) is 43.6 Å². The molecular formula is C20H23FN4O. The number of rotatable bonds is 3. The predicted molar refractivity (Wildman–Crippen MR) is 99.2 cm³/mol. The van der Waals surface area contributed by atoms with Gasteiger partial charge < -0.3 is 10.6 Å². The molecule has 0 spiro atoms. The molecule has 26 heavy (non-hydrogen) atoms. The average molecular weight is 354 g/mol. The smallest absolute Gasteiger partial charge is 0.253 e. The number of likely N-dealkylation sites (tertiary alicyclic amines) is 2. The number of nitrogens with zero attached hydrogens (tertiary/aromatic N) is 3. The first-order valence-corrected chi connectivity index (χ1v) is 9.16. The number of carbonyl (C=O) groups is 1. The Bertz CT molecular complexity index is 776. The van der Waals surface area contributed by atoms with Gasteiger partial charge in [-0.1, -0.05) is 18.6 Å². The monoisotopic (exact) mass is 354 g/mol. The minimum absolute atomic E-state index is 0.0352. The van der Waals surface area contributed by atoms with Gasteiger partial charge in [0.2, 0.25) is 0 Å². The van der Waals surface area contributed by atoms with Gasteiger partial charge in [-0.3, -0.25) is 14.7 Å². The number of nitrogens with two attached hydrogens (primary N) is 1. The van der Waals surface area contributed by atoms with E-state index in [4.69, 9.17) is 5.73 Å². The van der Waals surface area contributed by atoms with Crippen LogP contribution in [0.15, 0.2) is 36.7 Å². The van der Waals surface area contributed by atoms with Crippen molar-refractivity contribution in [2.45, 2.75) is 25.3 Å². The number of hydrogen-bond acceptors (Lipinski definition) is 4. The van der Waals surface area contributed by atoms with Crippen LogP contribution in [0.5, 0.6) is 0 Å². The zero-order valence-corrected chi connectivity index (χ0v) is 14.7. The van der Waals surface area contributed by atoms with Gasteiger partial charge in [-0.15, -0.1) is 0 Å². The average Bonchev–Trinajstić information content (AvgIpc) is 2.62. The Kier molecular flexibility index (Phi) is 4.59. The highest BCUT2D eigenvalue weighted by Crippen LogP contribution is 2.29. The molecule has 2 aromatic rings. The van der Waals surface area contributed by atoms with Crippen LogP contribution in [0.25, 0.3) is 11.1 Å². The van der Waals surface area contributed by atoms with Crippen molar-refractivity contribution in [3.05, 3.63) is 48.0 Å². The fourth-order valence-electron chi connectivity index (χ4n) is 3.85. The van der Waals surface area contributed by atoms with Crippen molar-refractivity contribution in [2.24, 2.45) is 0 Å². The quantitative estimate of drug-likeness (QED) is 0.921. The second kappa shape index (κ2) is 7.03. The molecule has 4 rings (SSSR count). The Hall–Kier alpha value is -2.47. The summed E-state index contributed by atoms with van der Waals surface area (Å²) in [6, 6.07) is 7.47. The van der Waals surface area contributed by atoms with E-state index in [-0.39, 0.29) is 11.6 Å². The number of benzene rings is 1. The van der Waals surface area contributed by atoms with Crippen molar-refractivity contribution in [3.63, 3.8) is 0 Å². The molecule has 2 saturated heterocycles. The van der Waals surface area contributed by atoms with Gasteiger partial charge in [0.15, 0.2) is 5.82 Å². The highest BCUT2D eigenvalue weighted by molar-refractivity contribution is 5.95. The van der Waals surface area contributed by atoms with E-state index in [1.807, 2.05) is 4.90 Å². The van der Waals surface area contributed by atoms with Crippen molar-refractivity contribution in [1.29, 1.82) is 0 Å². The van der Waals surface area contributed by atoms with E-state index in [2.05, 4.69) is 9.88 Å². The molecule has 0 bridgehead atoms. The fourth-order valence-corrected chi connectivity index (χ4v) is 3.85. The maximum Gasteiger partial charge on any atom is 0.253 e. The highest BCUT2D eigenvalue weighted by Gasteiger charge is 2.35. The molecule has 0 saturated carbocycles. The lowest BCUT2D eigenvalue weighted by Crippen LogP contribution is -2.61. The Morgan fingerprint density at radius 2 is 1.77 bits per heavy atom. The first kappa shape index (κ1) is 17.0. The molecule has 3 heterocycles. The van der Waals surface area contributed by atoms with Crippen LogP contribution in [-0.4, -0.2) is 52.9 Å². The molecule has 2 N–H and O–H groups in total. The van der Waals surface area contributed by atoms with Gasteiger partial charge in [-0.25, -0.2) is 4.39 Å². The summed E-state index contributed by atoms with van der Waals surface area (Å²) in [6.07, 6.45) is 6.42. The Labute approximate surface area is 152 Å². The van der Waals surface area contributed by atoms with Crippen LogP contribution in [0.2, 0.25) is 0 Å². The summed E-state index contributed by atoms with van der Waals surface area (Å²) >= 11 is 0. The molecule has 0 atom stereocenters. The van der Waals surface area contributed by atoms with E-state index in [1.165, 1.54) is 25.5 Å². The van der Waals surface area contributed by atoms with E-state index >= 15 is 0 Å². The molecule has 0 aliphatic carbocycles. The Balaban J connectivity index is 1.42. The van der Waals surface area contributed by atoms with Crippen molar-refractivity contribution in [2.75, 3.05) is 31.9 Å². The van der Waals surface area contributed by atoms with E-state index < -0.39 is 5.82 Å². The van der Waals surface area contributed by atoms with Gasteiger partial charge in [0.25, 0.3) is 5.91 Å². The van der Waals surface area contributed by atoms with Crippen LogP contribution >= 0.6 is 0 Å². The maximum absolute atomic E-state index is 14.0. The number of amides is 1. The SMILES string of the molecule is Nc1cncc(F)c1-c1ccc(C(=O)N2CC(N3CCCCC3)C2)cc1. The number of anilines is 1. The molecule has 0 unspecified atom stereocenters. The second-order valence-corrected chi connectivity index (χ2v) is 7.12. The number of piperidine rings is 1. The summed E-state index contributed by atoms with van der Waals surface area (Å²) < 4.78 is 14.0. The zero-order chi connectivity index (χ0) is 18.1. The summed E-state index contributed by atoms with van der Waals surface area (Å²) in [5.41, 5.74) is 7.72. The molecule has 1 aromatic heterocycles. The number of halogens is 1. The summed E-state index contributed by atoms with van der Waals surface area (Å²) in [5, 5.41) is 0. The maximum atomic E-state index is 14.0. The molecule has 2 fully saturated rings. The molecule has 5 nitrogen and oxygen atoms in total. The summed E-state index contributed by atoms with van der Waals surface area (Å²) in [7, 11) is 0. The van der Waals surface area contributed by atoms with Crippen molar-refractivity contribution >= 4 is 11.6 Å². The Morgan fingerprint density at radius 1 is 1.08 bits per heavy atom. The van der Waals surface area contributed by atoms with Crippen LogP contribution in [-0.2, 0) is 0 Å². The van der Waals surface area contributed by atoms with E-state index in [9.17, 15) is 9.18 Å². The minimum atomic E-state index is -0.462. The van der Waals surface area contributed by atoms with E-state index in [0.29, 0.717) is 22.7 Å². The molecule has 6 heteroatoms.